The molecule has 0 fully saturated rings. The first-order valence-corrected chi connectivity index (χ1v) is 9.37. The van der Waals surface area contributed by atoms with Crippen LogP contribution < -0.4 is 5.32 Å². The molecular formula is C22H21FN4O2. The first-order valence-electron chi connectivity index (χ1n) is 9.37. The molecule has 7 heteroatoms. The van der Waals surface area contributed by atoms with E-state index in [2.05, 4.69) is 34.6 Å². The fraction of sp³-hybridized carbons (Fsp3) is 0.227. The number of carbonyl (C=O) groups is 1. The van der Waals surface area contributed by atoms with Crippen molar-refractivity contribution in [3.05, 3.63) is 82.8 Å². The highest BCUT2D eigenvalue weighted by Crippen LogP contribution is 2.19. The van der Waals surface area contributed by atoms with Gasteiger partial charge in [-0.15, -0.1) is 0 Å². The molecule has 2 heterocycles. The maximum absolute atomic E-state index is 13.1. The average Bonchev–Trinajstić information content (AvgIpc) is 3.30. The number of aryl methyl sites for hydroxylation is 2. The van der Waals surface area contributed by atoms with Crippen molar-refractivity contribution in [3.63, 3.8) is 0 Å². The highest BCUT2D eigenvalue weighted by molar-refractivity contribution is 6.05. The maximum atomic E-state index is 13.1. The number of amides is 1. The zero-order valence-corrected chi connectivity index (χ0v) is 16.2. The number of aromatic nitrogens is 2. The Kier molecular flexibility index (Phi) is 5.12. The van der Waals surface area contributed by atoms with Crippen molar-refractivity contribution in [1.82, 2.24) is 9.78 Å². The SMILES string of the molecule is Cc1cccc(Cn2nc(NC(=O)C3CC(c4ccc(F)cc4)=NO3)cc2C)c1. The molecule has 1 aliphatic rings. The van der Waals surface area contributed by atoms with Gasteiger partial charge in [0.05, 0.1) is 12.3 Å². The van der Waals surface area contributed by atoms with Crippen LogP contribution >= 0.6 is 0 Å². The fourth-order valence-electron chi connectivity index (χ4n) is 3.25. The molecule has 1 N–H and O–H groups in total. The minimum atomic E-state index is -0.739. The third-order valence-corrected chi connectivity index (χ3v) is 4.79. The zero-order valence-electron chi connectivity index (χ0n) is 16.2. The smallest absolute Gasteiger partial charge is 0.269 e. The normalized spacial score (nSPS) is 15.7. The summed E-state index contributed by atoms with van der Waals surface area (Å²) in [5.74, 6) is -0.163. The van der Waals surface area contributed by atoms with Crippen LogP contribution in [0.2, 0.25) is 0 Å². The van der Waals surface area contributed by atoms with Gasteiger partial charge in [-0.1, -0.05) is 47.1 Å². The molecule has 6 nitrogen and oxygen atoms in total. The molecule has 0 bridgehead atoms. The van der Waals surface area contributed by atoms with E-state index in [4.69, 9.17) is 4.84 Å². The van der Waals surface area contributed by atoms with E-state index in [1.165, 1.54) is 17.7 Å². The van der Waals surface area contributed by atoms with Gasteiger partial charge in [-0.05, 0) is 37.1 Å². The summed E-state index contributed by atoms with van der Waals surface area (Å²) < 4.78 is 14.9. The summed E-state index contributed by atoms with van der Waals surface area (Å²) in [6, 6.07) is 16.0. The molecule has 0 aliphatic carbocycles. The largest absolute Gasteiger partial charge is 0.382 e. The zero-order chi connectivity index (χ0) is 20.4. The quantitative estimate of drug-likeness (QED) is 0.718. The molecular weight excluding hydrogens is 371 g/mol. The number of oxime groups is 1. The van der Waals surface area contributed by atoms with Crippen LogP contribution in [0.5, 0.6) is 0 Å². The molecule has 4 rings (SSSR count). The number of anilines is 1. The van der Waals surface area contributed by atoms with E-state index >= 15 is 0 Å². The van der Waals surface area contributed by atoms with Gasteiger partial charge >= 0.3 is 0 Å². The summed E-state index contributed by atoms with van der Waals surface area (Å²) >= 11 is 0. The van der Waals surface area contributed by atoms with E-state index in [1.807, 2.05) is 29.8 Å². The van der Waals surface area contributed by atoms with Crippen LogP contribution in [0.25, 0.3) is 0 Å². The van der Waals surface area contributed by atoms with Gasteiger partial charge in [-0.3, -0.25) is 9.48 Å². The lowest BCUT2D eigenvalue weighted by atomic mass is 10.0. The van der Waals surface area contributed by atoms with Gasteiger partial charge in [0.2, 0.25) is 6.10 Å². The molecule has 1 amide bonds. The van der Waals surface area contributed by atoms with Gasteiger partial charge in [0.1, 0.15) is 5.82 Å². The number of halogens is 1. The molecule has 1 aromatic heterocycles. The third kappa shape index (κ3) is 4.34. The highest BCUT2D eigenvalue weighted by atomic mass is 19.1. The van der Waals surface area contributed by atoms with E-state index in [-0.39, 0.29) is 11.7 Å². The number of carbonyl (C=O) groups excluding carboxylic acids is 1. The molecule has 0 saturated carbocycles. The Morgan fingerprint density at radius 3 is 2.76 bits per heavy atom. The summed E-state index contributed by atoms with van der Waals surface area (Å²) in [5, 5.41) is 11.3. The van der Waals surface area contributed by atoms with Crippen molar-refractivity contribution < 1.29 is 14.0 Å². The molecule has 29 heavy (non-hydrogen) atoms. The molecule has 1 unspecified atom stereocenters. The predicted molar refractivity (Wildman–Crippen MR) is 108 cm³/mol. The van der Waals surface area contributed by atoms with Crippen LogP contribution in [-0.4, -0.2) is 27.5 Å². The maximum Gasteiger partial charge on any atom is 0.269 e. The molecule has 0 radical (unpaired) electrons. The van der Waals surface area contributed by atoms with Gasteiger partial charge in [-0.2, -0.15) is 5.10 Å². The molecule has 0 saturated heterocycles. The van der Waals surface area contributed by atoms with Crippen molar-refractivity contribution in [2.75, 3.05) is 5.32 Å². The molecule has 3 aromatic rings. The van der Waals surface area contributed by atoms with E-state index in [1.54, 1.807) is 12.1 Å². The van der Waals surface area contributed by atoms with Crippen LogP contribution in [0.4, 0.5) is 10.2 Å². The van der Waals surface area contributed by atoms with Crippen LogP contribution in [-0.2, 0) is 16.2 Å². The van der Waals surface area contributed by atoms with E-state index in [0.717, 1.165) is 16.8 Å². The summed E-state index contributed by atoms with van der Waals surface area (Å²) in [7, 11) is 0. The van der Waals surface area contributed by atoms with Gasteiger partial charge in [0.15, 0.2) is 5.82 Å². The highest BCUT2D eigenvalue weighted by Gasteiger charge is 2.29. The lowest BCUT2D eigenvalue weighted by Gasteiger charge is -2.08. The van der Waals surface area contributed by atoms with Crippen molar-refractivity contribution in [1.29, 1.82) is 0 Å². The summed E-state index contributed by atoms with van der Waals surface area (Å²) in [6.07, 6.45) is -0.419. The van der Waals surface area contributed by atoms with Gasteiger partial charge in [0.25, 0.3) is 5.91 Å². The molecule has 148 valence electrons. The van der Waals surface area contributed by atoms with Crippen LogP contribution in [0.1, 0.15) is 28.8 Å². The first kappa shape index (κ1) is 18.9. The molecule has 2 aromatic carbocycles. The molecule has 1 aliphatic heterocycles. The molecule has 0 spiro atoms. The Morgan fingerprint density at radius 2 is 2.00 bits per heavy atom. The predicted octanol–water partition coefficient (Wildman–Crippen LogP) is 3.82. The Morgan fingerprint density at radius 1 is 1.21 bits per heavy atom. The third-order valence-electron chi connectivity index (χ3n) is 4.79. The minimum Gasteiger partial charge on any atom is -0.382 e. The number of hydrogen-bond acceptors (Lipinski definition) is 4. The topological polar surface area (TPSA) is 68.5 Å². The summed E-state index contributed by atoms with van der Waals surface area (Å²) in [4.78, 5) is 17.8. The first-order chi connectivity index (χ1) is 14.0. The lowest BCUT2D eigenvalue weighted by molar-refractivity contribution is -0.125. The van der Waals surface area contributed by atoms with Crippen LogP contribution in [0.3, 0.4) is 0 Å². The average molecular weight is 392 g/mol. The van der Waals surface area contributed by atoms with Crippen molar-refractivity contribution in [3.8, 4) is 0 Å². The Balaban J connectivity index is 1.38. The van der Waals surface area contributed by atoms with Crippen LogP contribution in [0.15, 0.2) is 59.8 Å². The van der Waals surface area contributed by atoms with Gasteiger partial charge in [-0.25, -0.2) is 4.39 Å². The van der Waals surface area contributed by atoms with Gasteiger partial charge < -0.3 is 10.2 Å². The Hall–Kier alpha value is -3.48. The Bertz CT molecular complexity index is 1070. The van der Waals surface area contributed by atoms with E-state index in [9.17, 15) is 9.18 Å². The van der Waals surface area contributed by atoms with Crippen molar-refractivity contribution in [2.45, 2.75) is 32.9 Å². The Labute approximate surface area is 168 Å². The fourth-order valence-corrected chi connectivity index (χ4v) is 3.25. The summed E-state index contributed by atoms with van der Waals surface area (Å²) in [5.41, 5.74) is 4.63. The standard InChI is InChI=1S/C22H21FN4O2/c1-14-4-3-5-16(10-14)13-27-15(2)11-21(25-27)24-22(28)20-12-19(26-29-20)17-6-8-18(23)9-7-17/h3-11,20H,12-13H2,1-2H3,(H,24,25,28). The van der Waals surface area contributed by atoms with E-state index in [0.29, 0.717) is 24.5 Å². The van der Waals surface area contributed by atoms with Crippen LogP contribution in [0, 0.1) is 19.7 Å². The number of benzene rings is 2. The second-order valence-electron chi connectivity index (χ2n) is 7.15. The summed E-state index contributed by atoms with van der Waals surface area (Å²) in [6.45, 7) is 4.62. The lowest BCUT2D eigenvalue weighted by Crippen LogP contribution is -2.28. The number of rotatable bonds is 5. The van der Waals surface area contributed by atoms with Crippen molar-refractivity contribution >= 4 is 17.4 Å². The monoisotopic (exact) mass is 392 g/mol. The number of nitrogens with one attached hydrogen (secondary N) is 1. The second-order valence-corrected chi connectivity index (χ2v) is 7.15. The number of hydrogen-bond donors (Lipinski definition) is 1. The molecule has 1 atom stereocenters. The van der Waals surface area contributed by atoms with E-state index < -0.39 is 6.10 Å². The second kappa shape index (κ2) is 7.87. The minimum absolute atomic E-state index is 0.314. The number of nitrogens with zero attached hydrogens (tertiary/aromatic N) is 3. The van der Waals surface area contributed by atoms with Gasteiger partial charge in [0, 0.05) is 18.2 Å². The van der Waals surface area contributed by atoms with Crippen molar-refractivity contribution in [2.24, 2.45) is 5.16 Å².